The van der Waals surface area contributed by atoms with Crippen molar-refractivity contribution in [1.29, 1.82) is 0 Å². The molecule has 0 radical (unpaired) electrons. The highest BCUT2D eigenvalue weighted by Crippen LogP contribution is 2.26. The van der Waals surface area contributed by atoms with Gasteiger partial charge < -0.3 is 15.7 Å². The number of hydrogen-bond donors (Lipinski definition) is 3. The van der Waals surface area contributed by atoms with E-state index < -0.39 is 11.0 Å². The zero-order valence-electron chi connectivity index (χ0n) is 12.2. The van der Waals surface area contributed by atoms with Crippen LogP contribution < -0.4 is 10.6 Å². The first-order valence-corrected chi connectivity index (χ1v) is 6.47. The number of aliphatic hydroxyl groups is 1. The summed E-state index contributed by atoms with van der Waals surface area (Å²) in [4.78, 5) is 18.6. The number of anilines is 2. The number of aliphatic hydroxyl groups excluding tert-OH is 1. The SMILES string of the molecule is CNc1nc(C)c([N+](=O)[O-])c(NCC(O)CC(C)C)n1. The highest BCUT2D eigenvalue weighted by atomic mass is 16.6. The van der Waals surface area contributed by atoms with Crippen molar-refractivity contribution in [2.45, 2.75) is 33.3 Å². The molecule has 1 aromatic rings. The van der Waals surface area contributed by atoms with E-state index in [1.54, 1.807) is 14.0 Å². The Bertz CT molecular complexity index is 478. The normalized spacial score (nSPS) is 12.3. The minimum atomic E-state index is -0.581. The molecule has 0 aliphatic rings. The summed E-state index contributed by atoms with van der Waals surface area (Å²) in [6, 6.07) is 0. The van der Waals surface area contributed by atoms with Gasteiger partial charge in [0.1, 0.15) is 5.69 Å². The van der Waals surface area contributed by atoms with Crippen LogP contribution in [0.15, 0.2) is 0 Å². The van der Waals surface area contributed by atoms with Crippen molar-refractivity contribution in [2.75, 3.05) is 24.2 Å². The summed E-state index contributed by atoms with van der Waals surface area (Å²) in [6.07, 6.45) is 0.0342. The molecule has 3 N–H and O–H groups in total. The lowest BCUT2D eigenvalue weighted by Gasteiger charge is -2.15. The first-order valence-electron chi connectivity index (χ1n) is 6.47. The molecule has 8 nitrogen and oxygen atoms in total. The largest absolute Gasteiger partial charge is 0.391 e. The fourth-order valence-corrected chi connectivity index (χ4v) is 1.86. The zero-order chi connectivity index (χ0) is 15.3. The number of nitrogens with zero attached hydrogens (tertiary/aromatic N) is 3. The molecule has 1 rings (SSSR count). The Kier molecular flexibility index (Phi) is 5.63. The number of hydrogen-bond acceptors (Lipinski definition) is 7. The lowest BCUT2D eigenvalue weighted by Crippen LogP contribution is -2.22. The van der Waals surface area contributed by atoms with Crippen LogP contribution in [0, 0.1) is 23.0 Å². The lowest BCUT2D eigenvalue weighted by atomic mass is 10.1. The maximum absolute atomic E-state index is 11.1. The van der Waals surface area contributed by atoms with Crippen molar-refractivity contribution in [3.05, 3.63) is 15.8 Å². The third-order valence-electron chi connectivity index (χ3n) is 2.71. The van der Waals surface area contributed by atoms with Gasteiger partial charge in [-0.3, -0.25) is 10.1 Å². The maximum Gasteiger partial charge on any atom is 0.332 e. The number of aromatic nitrogens is 2. The number of nitro groups is 1. The van der Waals surface area contributed by atoms with E-state index in [0.717, 1.165) is 0 Å². The van der Waals surface area contributed by atoms with Crippen LogP contribution in [0.2, 0.25) is 0 Å². The Hall–Kier alpha value is -1.96. The topological polar surface area (TPSA) is 113 Å². The molecule has 0 amide bonds. The smallest absolute Gasteiger partial charge is 0.332 e. The standard InChI is InChI=1S/C12H21N5O3/c1-7(2)5-9(18)6-14-11-10(17(19)20)8(3)15-12(13-4)16-11/h7,9,18H,5-6H2,1-4H3,(H2,13,14,15,16). The summed E-state index contributed by atoms with van der Waals surface area (Å²) in [5.74, 6) is 0.769. The van der Waals surface area contributed by atoms with Gasteiger partial charge in [0.15, 0.2) is 0 Å². The molecule has 0 aliphatic heterocycles. The van der Waals surface area contributed by atoms with Gasteiger partial charge in [-0.25, -0.2) is 4.98 Å². The number of aryl methyl sites for hydroxylation is 1. The molecule has 1 atom stereocenters. The van der Waals surface area contributed by atoms with Crippen LogP contribution in [0.25, 0.3) is 0 Å². The highest BCUT2D eigenvalue weighted by molar-refractivity contribution is 5.60. The second-order valence-corrected chi connectivity index (χ2v) is 5.00. The quantitative estimate of drug-likeness (QED) is 0.514. The minimum absolute atomic E-state index is 0.120. The Morgan fingerprint density at radius 2 is 2.05 bits per heavy atom. The molecular weight excluding hydrogens is 262 g/mol. The summed E-state index contributed by atoms with van der Waals surface area (Å²) in [5.41, 5.74) is 0.107. The fraction of sp³-hybridized carbons (Fsp3) is 0.667. The summed E-state index contributed by atoms with van der Waals surface area (Å²) in [6.45, 7) is 5.76. The Labute approximate surface area is 117 Å². The van der Waals surface area contributed by atoms with Crippen LogP contribution >= 0.6 is 0 Å². The van der Waals surface area contributed by atoms with Crippen molar-refractivity contribution < 1.29 is 10.0 Å². The van der Waals surface area contributed by atoms with Gasteiger partial charge in [0.05, 0.1) is 11.0 Å². The van der Waals surface area contributed by atoms with Gasteiger partial charge in [-0.05, 0) is 19.3 Å². The van der Waals surface area contributed by atoms with Gasteiger partial charge in [-0.15, -0.1) is 0 Å². The lowest BCUT2D eigenvalue weighted by molar-refractivity contribution is -0.385. The molecule has 0 bridgehead atoms. The van der Waals surface area contributed by atoms with E-state index in [9.17, 15) is 15.2 Å². The third kappa shape index (κ3) is 4.30. The van der Waals surface area contributed by atoms with Crippen LogP contribution in [-0.4, -0.2) is 39.7 Å². The van der Waals surface area contributed by atoms with Gasteiger partial charge in [0.2, 0.25) is 11.8 Å². The van der Waals surface area contributed by atoms with Gasteiger partial charge in [0.25, 0.3) is 0 Å². The second-order valence-electron chi connectivity index (χ2n) is 5.00. The van der Waals surface area contributed by atoms with E-state index in [1.807, 2.05) is 13.8 Å². The first-order chi connectivity index (χ1) is 9.35. The molecule has 0 fully saturated rings. The average Bonchev–Trinajstić information content (AvgIpc) is 2.34. The van der Waals surface area contributed by atoms with E-state index in [-0.39, 0.29) is 23.7 Å². The van der Waals surface area contributed by atoms with E-state index in [0.29, 0.717) is 18.3 Å². The number of rotatable bonds is 7. The van der Waals surface area contributed by atoms with Gasteiger partial charge >= 0.3 is 5.69 Å². The third-order valence-corrected chi connectivity index (χ3v) is 2.71. The van der Waals surface area contributed by atoms with E-state index in [2.05, 4.69) is 20.6 Å². The van der Waals surface area contributed by atoms with Crippen LogP contribution in [0.4, 0.5) is 17.5 Å². The van der Waals surface area contributed by atoms with Crippen molar-refractivity contribution in [3.8, 4) is 0 Å². The predicted molar refractivity (Wildman–Crippen MR) is 76.9 cm³/mol. The molecule has 1 unspecified atom stereocenters. The van der Waals surface area contributed by atoms with Crippen molar-refractivity contribution in [1.82, 2.24) is 9.97 Å². The van der Waals surface area contributed by atoms with E-state index >= 15 is 0 Å². The summed E-state index contributed by atoms with van der Waals surface area (Å²) >= 11 is 0. The van der Waals surface area contributed by atoms with Crippen molar-refractivity contribution in [3.63, 3.8) is 0 Å². The molecule has 0 aliphatic carbocycles. The van der Waals surface area contributed by atoms with Crippen molar-refractivity contribution >= 4 is 17.5 Å². The molecule has 8 heteroatoms. The first kappa shape index (κ1) is 16.1. The number of nitrogens with one attached hydrogen (secondary N) is 2. The van der Waals surface area contributed by atoms with Gasteiger partial charge in [-0.2, -0.15) is 4.98 Å². The van der Waals surface area contributed by atoms with Gasteiger partial charge in [0, 0.05) is 13.6 Å². The molecule has 112 valence electrons. The summed E-state index contributed by atoms with van der Waals surface area (Å²) in [5, 5.41) is 26.5. The molecule has 1 aromatic heterocycles. The molecule has 0 saturated heterocycles. The summed E-state index contributed by atoms with van der Waals surface area (Å²) < 4.78 is 0. The van der Waals surface area contributed by atoms with Crippen molar-refractivity contribution in [2.24, 2.45) is 5.92 Å². The van der Waals surface area contributed by atoms with Crippen LogP contribution in [-0.2, 0) is 0 Å². The predicted octanol–water partition coefficient (Wildman–Crippen LogP) is 1.55. The van der Waals surface area contributed by atoms with Gasteiger partial charge in [-0.1, -0.05) is 13.8 Å². The average molecular weight is 283 g/mol. The Morgan fingerprint density at radius 1 is 1.40 bits per heavy atom. The molecule has 0 spiro atoms. The van der Waals surface area contributed by atoms with Crippen LogP contribution in [0.1, 0.15) is 26.0 Å². The zero-order valence-corrected chi connectivity index (χ0v) is 12.2. The molecule has 0 aromatic carbocycles. The monoisotopic (exact) mass is 283 g/mol. The van der Waals surface area contributed by atoms with E-state index in [1.165, 1.54) is 0 Å². The maximum atomic E-state index is 11.1. The molecule has 20 heavy (non-hydrogen) atoms. The molecule has 0 saturated carbocycles. The summed E-state index contributed by atoms with van der Waals surface area (Å²) in [7, 11) is 1.64. The van der Waals surface area contributed by atoms with Crippen LogP contribution in [0.3, 0.4) is 0 Å². The van der Waals surface area contributed by atoms with Crippen LogP contribution in [0.5, 0.6) is 0 Å². The Morgan fingerprint density at radius 3 is 2.55 bits per heavy atom. The highest BCUT2D eigenvalue weighted by Gasteiger charge is 2.22. The molecular formula is C12H21N5O3. The van der Waals surface area contributed by atoms with E-state index in [4.69, 9.17) is 0 Å². The second kappa shape index (κ2) is 6.99. The Balaban J connectivity index is 2.92. The fourth-order valence-electron chi connectivity index (χ4n) is 1.86. The minimum Gasteiger partial charge on any atom is -0.391 e. The molecule has 1 heterocycles.